The first kappa shape index (κ1) is 13.8. The third kappa shape index (κ3) is 3.25. The Labute approximate surface area is 114 Å². The summed E-state index contributed by atoms with van der Waals surface area (Å²) in [6.07, 6.45) is 2.23. The van der Waals surface area contributed by atoms with Gasteiger partial charge in [0.1, 0.15) is 5.21 Å². The van der Waals surface area contributed by atoms with Gasteiger partial charge in [0.15, 0.2) is 0 Å². The average Bonchev–Trinajstić information content (AvgIpc) is 3.20. The van der Waals surface area contributed by atoms with E-state index in [2.05, 4.69) is 0 Å². The van der Waals surface area contributed by atoms with Crippen molar-refractivity contribution < 1.29 is 8.42 Å². The molecule has 1 fully saturated rings. The lowest BCUT2D eigenvalue weighted by Crippen LogP contribution is -2.39. The van der Waals surface area contributed by atoms with Crippen LogP contribution in [0.2, 0.25) is 0 Å². The highest BCUT2D eigenvalue weighted by molar-refractivity contribution is 7.90. The van der Waals surface area contributed by atoms with Crippen molar-refractivity contribution in [2.24, 2.45) is 5.92 Å². The molecular formula is C13H18ClNO2S. The van der Waals surface area contributed by atoms with Crippen LogP contribution in [0.4, 0.5) is 0 Å². The van der Waals surface area contributed by atoms with Crippen molar-refractivity contribution in [1.82, 2.24) is 4.31 Å². The van der Waals surface area contributed by atoms with E-state index < -0.39 is 10.0 Å². The molecular weight excluding hydrogens is 270 g/mol. The minimum atomic E-state index is -3.36. The van der Waals surface area contributed by atoms with Gasteiger partial charge in [0.25, 0.3) is 0 Å². The van der Waals surface area contributed by atoms with Crippen molar-refractivity contribution in [2.75, 3.05) is 5.21 Å². The minimum absolute atomic E-state index is 0.0361. The van der Waals surface area contributed by atoms with Crippen LogP contribution in [-0.2, 0) is 16.6 Å². The second-order valence-corrected chi connectivity index (χ2v) is 7.34. The van der Waals surface area contributed by atoms with Crippen LogP contribution in [-0.4, -0.2) is 24.0 Å². The van der Waals surface area contributed by atoms with Crippen molar-refractivity contribution >= 4 is 21.6 Å². The van der Waals surface area contributed by atoms with E-state index in [1.165, 1.54) is 0 Å². The first-order valence-electron chi connectivity index (χ1n) is 6.14. The highest BCUT2D eigenvalue weighted by atomic mass is 35.5. The quantitative estimate of drug-likeness (QED) is 0.755. The zero-order valence-corrected chi connectivity index (χ0v) is 12.0. The molecule has 2 rings (SSSR count). The fourth-order valence-corrected chi connectivity index (χ4v) is 3.66. The van der Waals surface area contributed by atoms with E-state index in [0.717, 1.165) is 18.4 Å². The summed E-state index contributed by atoms with van der Waals surface area (Å²) in [5.74, 6) is 0.492. The third-order valence-corrected chi connectivity index (χ3v) is 5.71. The molecule has 0 saturated heterocycles. The van der Waals surface area contributed by atoms with Crippen LogP contribution in [0.5, 0.6) is 0 Å². The molecule has 0 heterocycles. The third-order valence-electron chi connectivity index (χ3n) is 3.43. The molecule has 1 saturated carbocycles. The molecule has 0 N–H and O–H groups in total. The largest absolute Gasteiger partial charge is 0.228 e. The van der Waals surface area contributed by atoms with Gasteiger partial charge in [-0.1, -0.05) is 30.3 Å². The van der Waals surface area contributed by atoms with Crippen LogP contribution in [0.3, 0.4) is 0 Å². The van der Waals surface area contributed by atoms with E-state index >= 15 is 0 Å². The summed E-state index contributed by atoms with van der Waals surface area (Å²) >= 11 is 5.59. The van der Waals surface area contributed by atoms with Crippen LogP contribution in [0.1, 0.15) is 25.3 Å². The lowest BCUT2D eigenvalue weighted by molar-refractivity contribution is 0.304. The molecule has 5 heteroatoms. The molecule has 1 aromatic carbocycles. The first-order valence-corrected chi connectivity index (χ1v) is 8.28. The highest BCUT2D eigenvalue weighted by Gasteiger charge is 2.37. The average molecular weight is 288 g/mol. The number of halogens is 1. The topological polar surface area (TPSA) is 37.4 Å². The molecule has 100 valence electrons. The second kappa shape index (κ2) is 5.59. The lowest BCUT2D eigenvalue weighted by atomic mass is 10.2. The predicted molar refractivity (Wildman–Crippen MR) is 73.8 cm³/mol. The lowest BCUT2D eigenvalue weighted by Gasteiger charge is -2.27. The first-order chi connectivity index (χ1) is 8.54. The Morgan fingerprint density at radius 2 is 1.94 bits per heavy atom. The summed E-state index contributed by atoms with van der Waals surface area (Å²) < 4.78 is 25.7. The van der Waals surface area contributed by atoms with Gasteiger partial charge in [0.05, 0.1) is 0 Å². The monoisotopic (exact) mass is 287 g/mol. The van der Waals surface area contributed by atoms with Gasteiger partial charge < -0.3 is 0 Å². The zero-order valence-electron chi connectivity index (χ0n) is 10.4. The molecule has 1 unspecified atom stereocenters. The van der Waals surface area contributed by atoms with Crippen LogP contribution >= 0.6 is 11.6 Å². The van der Waals surface area contributed by atoms with Crippen molar-refractivity contribution in [1.29, 1.82) is 0 Å². The second-order valence-electron chi connectivity index (χ2n) is 4.83. The van der Waals surface area contributed by atoms with Crippen LogP contribution < -0.4 is 0 Å². The van der Waals surface area contributed by atoms with Crippen LogP contribution in [0.25, 0.3) is 0 Å². The molecule has 3 nitrogen and oxygen atoms in total. The Kier molecular flexibility index (Phi) is 4.30. The molecule has 1 aliphatic carbocycles. The molecule has 0 spiro atoms. The number of alkyl halides is 1. The maximum Gasteiger partial charge on any atom is 0.228 e. The van der Waals surface area contributed by atoms with Crippen LogP contribution in [0, 0.1) is 5.92 Å². The normalized spacial score (nSPS) is 17.9. The summed E-state index contributed by atoms with van der Waals surface area (Å²) in [4.78, 5) is 0. The Hall–Kier alpha value is -0.580. The summed E-state index contributed by atoms with van der Waals surface area (Å²) in [6, 6.07) is 9.68. The molecule has 18 heavy (non-hydrogen) atoms. The zero-order chi connectivity index (χ0) is 13.2. The van der Waals surface area contributed by atoms with Gasteiger partial charge in [0.2, 0.25) is 10.0 Å². The van der Waals surface area contributed by atoms with Gasteiger partial charge in [-0.15, -0.1) is 11.6 Å². The Morgan fingerprint density at radius 1 is 1.33 bits per heavy atom. The fraction of sp³-hybridized carbons (Fsp3) is 0.538. The predicted octanol–water partition coefficient (Wildman–Crippen LogP) is 2.81. The smallest absolute Gasteiger partial charge is 0.211 e. The van der Waals surface area contributed by atoms with Gasteiger partial charge >= 0.3 is 0 Å². The molecule has 0 aromatic heterocycles. The number of rotatable bonds is 6. The van der Waals surface area contributed by atoms with E-state index in [0.29, 0.717) is 12.5 Å². The number of benzene rings is 1. The number of hydrogen-bond donors (Lipinski definition) is 0. The van der Waals surface area contributed by atoms with Crippen molar-refractivity contribution in [3.63, 3.8) is 0 Å². The Bertz CT molecular complexity index is 485. The van der Waals surface area contributed by atoms with E-state index in [1.54, 1.807) is 4.31 Å². The maximum absolute atomic E-state index is 12.1. The Morgan fingerprint density at radius 3 is 2.44 bits per heavy atom. The highest BCUT2D eigenvalue weighted by Crippen LogP contribution is 2.36. The van der Waals surface area contributed by atoms with E-state index in [1.807, 2.05) is 37.3 Å². The molecule has 0 amide bonds. The number of hydrogen-bond acceptors (Lipinski definition) is 2. The molecule has 1 atom stereocenters. The summed E-state index contributed by atoms with van der Waals surface area (Å²) in [7, 11) is -3.36. The molecule has 0 aliphatic heterocycles. The number of nitrogens with zero attached hydrogens (tertiary/aromatic N) is 1. The van der Waals surface area contributed by atoms with E-state index in [9.17, 15) is 8.42 Å². The fourth-order valence-electron chi connectivity index (χ4n) is 2.14. The SMILES string of the molecule is CC(C1CC1)N(Cc1ccccc1)S(=O)(=O)CCl. The summed E-state index contributed by atoms with van der Waals surface area (Å²) in [5, 5.41) is -0.350. The number of sulfonamides is 1. The Balaban J connectivity index is 2.19. The van der Waals surface area contributed by atoms with E-state index in [-0.39, 0.29) is 11.3 Å². The van der Waals surface area contributed by atoms with Gasteiger partial charge in [-0.3, -0.25) is 0 Å². The standard InChI is InChI=1S/C13H18ClNO2S/c1-11(13-7-8-13)15(18(16,17)10-14)9-12-5-3-2-4-6-12/h2-6,11,13H,7-10H2,1H3. The summed E-state index contributed by atoms with van der Waals surface area (Å²) in [6.45, 7) is 2.39. The molecule has 0 radical (unpaired) electrons. The van der Waals surface area contributed by atoms with Crippen molar-refractivity contribution in [3.05, 3.63) is 35.9 Å². The van der Waals surface area contributed by atoms with Gasteiger partial charge in [-0.05, 0) is 31.2 Å². The van der Waals surface area contributed by atoms with Gasteiger partial charge in [-0.25, -0.2) is 8.42 Å². The maximum atomic E-state index is 12.1. The van der Waals surface area contributed by atoms with Gasteiger partial charge in [0, 0.05) is 12.6 Å². The minimum Gasteiger partial charge on any atom is -0.211 e. The van der Waals surface area contributed by atoms with Crippen LogP contribution in [0.15, 0.2) is 30.3 Å². The van der Waals surface area contributed by atoms with Crippen molar-refractivity contribution in [3.8, 4) is 0 Å². The van der Waals surface area contributed by atoms with Crippen molar-refractivity contribution in [2.45, 2.75) is 32.4 Å². The van der Waals surface area contributed by atoms with E-state index in [4.69, 9.17) is 11.6 Å². The molecule has 1 aliphatic rings. The molecule has 1 aromatic rings. The van der Waals surface area contributed by atoms with Gasteiger partial charge in [-0.2, -0.15) is 4.31 Å². The molecule has 0 bridgehead atoms. The summed E-state index contributed by atoms with van der Waals surface area (Å²) in [5.41, 5.74) is 0.999.